The molecule has 0 unspecified atom stereocenters. The number of aromatic nitrogens is 1. The molecule has 4 heteroatoms. The minimum Gasteiger partial charge on any atom is -0.492 e. The molecule has 0 spiro atoms. The van der Waals surface area contributed by atoms with Gasteiger partial charge >= 0.3 is 0 Å². The molecule has 0 saturated heterocycles. The maximum Gasteiger partial charge on any atom is 0.137 e. The monoisotopic (exact) mass is 224 g/mol. The highest BCUT2D eigenvalue weighted by atomic mass is 35.5. The molecule has 0 N–H and O–H groups in total. The van der Waals surface area contributed by atoms with Crippen LogP contribution in [0.3, 0.4) is 0 Å². The molecule has 0 fully saturated rings. The fraction of sp³-hybridized carbons (Fsp3) is 0.455. The van der Waals surface area contributed by atoms with E-state index in [1.54, 1.807) is 6.20 Å². The van der Waals surface area contributed by atoms with E-state index in [1.165, 1.54) is 0 Å². The summed E-state index contributed by atoms with van der Waals surface area (Å²) in [4.78, 5) is 4.10. The van der Waals surface area contributed by atoms with Crippen LogP contribution >= 0.6 is 11.6 Å². The Kier molecular flexibility index (Phi) is 5.57. The Morgan fingerprint density at radius 3 is 2.87 bits per heavy atom. The molecule has 1 aromatic rings. The minimum absolute atomic E-state index is 0.419. The first-order valence-corrected chi connectivity index (χ1v) is 5.41. The second-order valence-electron chi connectivity index (χ2n) is 3.08. The van der Waals surface area contributed by atoms with Gasteiger partial charge in [-0.2, -0.15) is 5.26 Å². The lowest BCUT2D eigenvalue weighted by molar-refractivity contribution is 0.306. The zero-order valence-corrected chi connectivity index (χ0v) is 9.20. The normalized spacial score (nSPS) is 9.60. The van der Waals surface area contributed by atoms with Gasteiger partial charge in [0.25, 0.3) is 0 Å². The van der Waals surface area contributed by atoms with Crippen LogP contribution in [-0.2, 0) is 5.88 Å². The molecule has 15 heavy (non-hydrogen) atoms. The number of ether oxygens (including phenoxy) is 1. The van der Waals surface area contributed by atoms with Gasteiger partial charge in [-0.05, 0) is 25.0 Å². The Morgan fingerprint density at radius 1 is 1.40 bits per heavy atom. The van der Waals surface area contributed by atoms with Crippen LogP contribution < -0.4 is 4.74 Å². The average molecular weight is 225 g/mol. The molecule has 0 aliphatic rings. The van der Waals surface area contributed by atoms with Gasteiger partial charge in [0.15, 0.2) is 0 Å². The van der Waals surface area contributed by atoms with Crippen molar-refractivity contribution in [2.75, 3.05) is 6.61 Å². The maximum atomic E-state index is 8.33. The Bertz CT molecular complexity index is 318. The zero-order valence-electron chi connectivity index (χ0n) is 8.45. The molecule has 1 aromatic heterocycles. The van der Waals surface area contributed by atoms with Crippen LogP contribution in [0.5, 0.6) is 5.75 Å². The van der Waals surface area contributed by atoms with Gasteiger partial charge < -0.3 is 4.74 Å². The van der Waals surface area contributed by atoms with Crippen molar-refractivity contribution in [3.05, 3.63) is 24.0 Å². The van der Waals surface area contributed by atoms with Crippen molar-refractivity contribution >= 4 is 11.6 Å². The van der Waals surface area contributed by atoms with Gasteiger partial charge in [0.1, 0.15) is 5.75 Å². The van der Waals surface area contributed by atoms with Crippen LogP contribution in [-0.4, -0.2) is 11.6 Å². The van der Waals surface area contributed by atoms with Crippen LogP contribution in [0.4, 0.5) is 0 Å². The molecule has 3 nitrogen and oxygen atoms in total. The first kappa shape index (κ1) is 11.8. The SMILES string of the molecule is N#CCCCCOc1ccc(CCl)nc1. The average Bonchev–Trinajstić information content (AvgIpc) is 2.30. The van der Waals surface area contributed by atoms with Crippen LogP contribution in [0.1, 0.15) is 25.0 Å². The summed E-state index contributed by atoms with van der Waals surface area (Å²) in [6.45, 7) is 0.629. The molecular formula is C11H13ClN2O. The molecule has 0 amide bonds. The Morgan fingerprint density at radius 2 is 2.27 bits per heavy atom. The minimum atomic E-state index is 0.419. The van der Waals surface area contributed by atoms with E-state index in [2.05, 4.69) is 11.1 Å². The number of hydrogen-bond acceptors (Lipinski definition) is 3. The van der Waals surface area contributed by atoms with Crippen molar-refractivity contribution in [3.8, 4) is 11.8 Å². The largest absolute Gasteiger partial charge is 0.492 e. The van der Waals surface area contributed by atoms with E-state index in [9.17, 15) is 0 Å². The topological polar surface area (TPSA) is 45.9 Å². The fourth-order valence-corrected chi connectivity index (χ4v) is 1.23. The lowest BCUT2D eigenvalue weighted by Gasteiger charge is -2.04. The first-order valence-electron chi connectivity index (χ1n) is 4.87. The zero-order chi connectivity index (χ0) is 10.9. The van der Waals surface area contributed by atoms with E-state index in [0.717, 1.165) is 24.3 Å². The molecule has 0 radical (unpaired) electrons. The van der Waals surface area contributed by atoms with E-state index in [-0.39, 0.29) is 0 Å². The second-order valence-corrected chi connectivity index (χ2v) is 3.35. The Hall–Kier alpha value is -1.27. The molecule has 1 heterocycles. The van der Waals surface area contributed by atoms with Gasteiger partial charge in [-0.15, -0.1) is 11.6 Å². The van der Waals surface area contributed by atoms with Crippen molar-refractivity contribution in [2.45, 2.75) is 25.1 Å². The molecule has 80 valence electrons. The van der Waals surface area contributed by atoms with E-state index in [4.69, 9.17) is 21.6 Å². The summed E-state index contributed by atoms with van der Waals surface area (Å²) in [5.41, 5.74) is 0.841. The number of unbranched alkanes of at least 4 members (excludes halogenated alkanes) is 2. The molecular weight excluding hydrogens is 212 g/mol. The predicted octanol–water partition coefficient (Wildman–Crippen LogP) is 2.89. The summed E-state index contributed by atoms with van der Waals surface area (Å²) in [5.74, 6) is 1.17. The third-order valence-corrected chi connectivity index (χ3v) is 2.16. The van der Waals surface area contributed by atoms with Gasteiger partial charge in [0.2, 0.25) is 0 Å². The molecule has 0 aromatic carbocycles. The third kappa shape index (κ3) is 4.66. The summed E-state index contributed by atoms with van der Waals surface area (Å²) in [7, 11) is 0. The number of nitrogens with zero attached hydrogens (tertiary/aromatic N) is 2. The first-order chi connectivity index (χ1) is 7.36. The number of halogens is 1. The number of hydrogen-bond donors (Lipinski definition) is 0. The Balaban J connectivity index is 2.23. The summed E-state index contributed by atoms with van der Waals surface area (Å²) in [6, 6.07) is 5.80. The lowest BCUT2D eigenvalue weighted by atomic mass is 10.2. The smallest absolute Gasteiger partial charge is 0.137 e. The van der Waals surface area contributed by atoms with E-state index in [1.807, 2.05) is 12.1 Å². The van der Waals surface area contributed by atoms with Crippen LogP contribution in [0, 0.1) is 11.3 Å². The molecule has 0 aliphatic heterocycles. The highest BCUT2D eigenvalue weighted by Crippen LogP contribution is 2.10. The number of alkyl halides is 1. The van der Waals surface area contributed by atoms with Gasteiger partial charge in [0.05, 0.1) is 30.4 Å². The third-order valence-electron chi connectivity index (χ3n) is 1.89. The van der Waals surface area contributed by atoms with Crippen molar-refractivity contribution in [3.63, 3.8) is 0 Å². The van der Waals surface area contributed by atoms with Crippen LogP contribution in [0.25, 0.3) is 0 Å². The second kappa shape index (κ2) is 7.08. The number of pyridine rings is 1. The van der Waals surface area contributed by atoms with Crippen LogP contribution in [0.2, 0.25) is 0 Å². The highest BCUT2D eigenvalue weighted by Gasteiger charge is 1.95. The summed E-state index contributed by atoms with van der Waals surface area (Å²) < 4.78 is 5.44. The lowest BCUT2D eigenvalue weighted by Crippen LogP contribution is -1.97. The van der Waals surface area contributed by atoms with E-state index < -0.39 is 0 Å². The Labute approximate surface area is 94.7 Å². The van der Waals surface area contributed by atoms with Crippen molar-refractivity contribution in [2.24, 2.45) is 0 Å². The molecule has 0 bridgehead atoms. The fourth-order valence-electron chi connectivity index (χ4n) is 1.07. The van der Waals surface area contributed by atoms with Gasteiger partial charge in [-0.25, -0.2) is 0 Å². The van der Waals surface area contributed by atoms with Gasteiger partial charge in [-0.3, -0.25) is 4.98 Å². The maximum absolute atomic E-state index is 8.33. The van der Waals surface area contributed by atoms with E-state index >= 15 is 0 Å². The summed E-state index contributed by atoms with van der Waals surface area (Å²) in [6.07, 6.45) is 4.03. The quantitative estimate of drug-likeness (QED) is 0.551. The van der Waals surface area contributed by atoms with E-state index in [0.29, 0.717) is 18.9 Å². The van der Waals surface area contributed by atoms with Crippen molar-refractivity contribution in [1.82, 2.24) is 4.98 Å². The number of nitriles is 1. The highest BCUT2D eigenvalue weighted by molar-refractivity contribution is 6.16. The van der Waals surface area contributed by atoms with Crippen molar-refractivity contribution in [1.29, 1.82) is 5.26 Å². The number of rotatable bonds is 6. The predicted molar refractivity (Wildman–Crippen MR) is 58.8 cm³/mol. The van der Waals surface area contributed by atoms with Crippen LogP contribution in [0.15, 0.2) is 18.3 Å². The summed E-state index contributed by atoms with van der Waals surface area (Å²) in [5, 5.41) is 8.33. The molecule has 1 rings (SSSR count). The summed E-state index contributed by atoms with van der Waals surface area (Å²) >= 11 is 5.61. The molecule has 0 saturated carbocycles. The van der Waals surface area contributed by atoms with Gasteiger partial charge in [0, 0.05) is 6.42 Å². The standard InChI is InChI=1S/C11H13ClN2O/c12-8-10-4-5-11(9-14-10)15-7-3-1-2-6-13/h4-5,9H,1-3,7-8H2. The van der Waals surface area contributed by atoms with Gasteiger partial charge in [-0.1, -0.05) is 0 Å². The van der Waals surface area contributed by atoms with Crippen molar-refractivity contribution < 1.29 is 4.74 Å². The molecule has 0 aliphatic carbocycles. The molecule has 0 atom stereocenters.